The topological polar surface area (TPSA) is 89.5 Å². The van der Waals surface area contributed by atoms with E-state index in [0.29, 0.717) is 25.9 Å². The molecule has 0 unspecified atom stereocenters. The fraction of sp³-hybridized carbons (Fsp3) is 0.706. The first kappa shape index (κ1) is 18.4. The third kappa shape index (κ3) is 3.95. The molecular formula is C17H28N4O3. The van der Waals surface area contributed by atoms with Gasteiger partial charge >= 0.3 is 0 Å². The number of β-amino-alcohol motifs (C(OH)–C–C–N with tert-alkyl or cyclic N) is 1. The maximum Gasteiger partial charge on any atom is 0.256 e. The van der Waals surface area contributed by atoms with Gasteiger partial charge in [-0.15, -0.1) is 0 Å². The van der Waals surface area contributed by atoms with Crippen LogP contribution in [0.15, 0.2) is 6.07 Å². The monoisotopic (exact) mass is 336 g/mol. The number of likely N-dealkylation sites (tertiary alicyclic amines) is 1. The molecule has 1 aromatic rings. The number of carbonyl (C=O) groups is 2. The van der Waals surface area contributed by atoms with Crippen LogP contribution >= 0.6 is 0 Å². The molecule has 2 rings (SSSR count). The number of H-pyrrole nitrogens is 1. The Balaban J connectivity index is 2.06. The lowest BCUT2D eigenvalue weighted by Gasteiger charge is -2.39. The molecule has 0 aromatic carbocycles. The number of hydrogen-bond donors (Lipinski definition) is 2. The Morgan fingerprint density at radius 1 is 1.46 bits per heavy atom. The van der Waals surface area contributed by atoms with Crippen molar-refractivity contribution in [2.75, 3.05) is 20.1 Å². The Labute approximate surface area is 143 Å². The summed E-state index contributed by atoms with van der Waals surface area (Å²) in [7, 11) is 1.66. The molecule has 1 aliphatic rings. The van der Waals surface area contributed by atoms with Crippen molar-refractivity contribution in [3.63, 3.8) is 0 Å². The molecule has 0 aliphatic carbocycles. The molecule has 1 aliphatic heterocycles. The zero-order valence-corrected chi connectivity index (χ0v) is 15.2. The molecule has 2 amide bonds. The number of aliphatic hydroxyl groups is 1. The number of aromatic nitrogens is 2. The van der Waals surface area contributed by atoms with Crippen molar-refractivity contribution in [3.05, 3.63) is 17.5 Å². The molecule has 2 heterocycles. The molecule has 7 heteroatoms. The summed E-state index contributed by atoms with van der Waals surface area (Å²) in [5.41, 5.74) is 0.169. The van der Waals surface area contributed by atoms with Gasteiger partial charge in [0.2, 0.25) is 5.91 Å². The van der Waals surface area contributed by atoms with E-state index in [0.717, 1.165) is 11.4 Å². The Bertz CT molecular complexity index is 620. The van der Waals surface area contributed by atoms with Crippen LogP contribution in [0.3, 0.4) is 0 Å². The van der Waals surface area contributed by atoms with E-state index in [2.05, 4.69) is 31.0 Å². The molecule has 0 bridgehead atoms. The average molecular weight is 336 g/mol. The van der Waals surface area contributed by atoms with Crippen molar-refractivity contribution in [3.8, 4) is 0 Å². The third-order valence-corrected chi connectivity index (χ3v) is 4.47. The van der Waals surface area contributed by atoms with Gasteiger partial charge < -0.3 is 14.9 Å². The Hall–Kier alpha value is -1.89. The molecule has 1 atom stereocenters. The zero-order valence-electron chi connectivity index (χ0n) is 15.2. The van der Waals surface area contributed by atoms with Gasteiger partial charge in [-0.1, -0.05) is 20.8 Å². The molecule has 0 radical (unpaired) electrons. The summed E-state index contributed by atoms with van der Waals surface area (Å²) in [6, 6.07) is 1.94. The molecule has 1 fully saturated rings. The Morgan fingerprint density at radius 2 is 2.12 bits per heavy atom. The van der Waals surface area contributed by atoms with E-state index < -0.39 is 5.60 Å². The number of carbonyl (C=O) groups excluding carboxylic acids is 2. The molecular weight excluding hydrogens is 308 g/mol. The maximum absolute atomic E-state index is 12.7. The highest BCUT2D eigenvalue weighted by atomic mass is 16.3. The highest BCUT2D eigenvalue weighted by Gasteiger charge is 2.42. The second-order valence-corrected chi connectivity index (χ2v) is 7.77. The summed E-state index contributed by atoms with van der Waals surface area (Å²) in [5, 5.41) is 18.0. The number of nitrogens with zero attached hydrogens (tertiary/aromatic N) is 3. The van der Waals surface area contributed by atoms with Crippen LogP contribution in [0, 0.1) is 0 Å². The van der Waals surface area contributed by atoms with Gasteiger partial charge in [-0.05, 0) is 18.9 Å². The zero-order chi connectivity index (χ0) is 18.1. The van der Waals surface area contributed by atoms with Gasteiger partial charge in [0.25, 0.3) is 5.91 Å². The van der Waals surface area contributed by atoms with Crippen LogP contribution in [0.1, 0.15) is 51.9 Å². The second kappa shape index (κ2) is 6.55. The van der Waals surface area contributed by atoms with E-state index in [9.17, 15) is 14.7 Å². The number of amides is 2. The molecule has 7 nitrogen and oxygen atoms in total. The summed E-state index contributed by atoms with van der Waals surface area (Å²) in [5.74, 6) is -0.479. The first-order valence-corrected chi connectivity index (χ1v) is 8.31. The lowest BCUT2D eigenvalue weighted by molar-refractivity contribution is -0.159. The van der Waals surface area contributed by atoms with Gasteiger partial charge in [-0.2, -0.15) is 5.10 Å². The molecule has 0 saturated carbocycles. The van der Waals surface area contributed by atoms with Crippen LogP contribution in [0.25, 0.3) is 0 Å². The summed E-state index contributed by atoms with van der Waals surface area (Å²) in [6.07, 6.45) is 0.990. The van der Waals surface area contributed by atoms with Gasteiger partial charge in [0.05, 0.1) is 24.5 Å². The van der Waals surface area contributed by atoms with Crippen LogP contribution in [0.2, 0.25) is 0 Å². The predicted molar refractivity (Wildman–Crippen MR) is 90.2 cm³/mol. The smallest absolute Gasteiger partial charge is 0.256 e. The van der Waals surface area contributed by atoms with Gasteiger partial charge in [-0.3, -0.25) is 14.7 Å². The predicted octanol–water partition coefficient (Wildman–Crippen LogP) is 1.04. The Kier molecular flexibility index (Phi) is 5.03. The molecule has 2 N–H and O–H groups in total. The maximum atomic E-state index is 12.7. The highest BCUT2D eigenvalue weighted by Crippen LogP contribution is 2.25. The van der Waals surface area contributed by atoms with Crippen molar-refractivity contribution >= 4 is 11.8 Å². The first-order valence-electron chi connectivity index (χ1n) is 8.31. The fourth-order valence-corrected chi connectivity index (χ4v) is 2.99. The van der Waals surface area contributed by atoms with Crippen LogP contribution in [-0.2, 0) is 21.5 Å². The van der Waals surface area contributed by atoms with Crippen LogP contribution in [0.5, 0.6) is 0 Å². The quantitative estimate of drug-likeness (QED) is 0.863. The van der Waals surface area contributed by atoms with E-state index in [4.69, 9.17) is 0 Å². The fourth-order valence-electron chi connectivity index (χ4n) is 2.99. The third-order valence-electron chi connectivity index (χ3n) is 4.47. The van der Waals surface area contributed by atoms with Gasteiger partial charge in [0.15, 0.2) is 5.60 Å². The number of piperidine rings is 1. The van der Waals surface area contributed by atoms with E-state index in [-0.39, 0.29) is 23.8 Å². The van der Waals surface area contributed by atoms with Gasteiger partial charge in [-0.25, -0.2) is 0 Å². The van der Waals surface area contributed by atoms with Gasteiger partial charge in [0, 0.05) is 25.9 Å². The SMILES string of the molecule is CC(=O)N1CCC[C@@](O)(C(=O)N(C)Cc2cc(C(C)(C)C)n[nH]2)C1. The largest absolute Gasteiger partial charge is 0.378 e. The minimum absolute atomic E-state index is 0.0573. The van der Waals surface area contributed by atoms with E-state index in [1.807, 2.05) is 6.07 Å². The van der Waals surface area contributed by atoms with E-state index >= 15 is 0 Å². The number of aromatic amines is 1. The van der Waals surface area contributed by atoms with Crippen LogP contribution in [-0.4, -0.2) is 62.7 Å². The summed E-state index contributed by atoms with van der Waals surface area (Å²) in [6.45, 7) is 8.66. The Morgan fingerprint density at radius 3 is 2.67 bits per heavy atom. The molecule has 134 valence electrons. The molecule has 1 saturated heterocycles. The molecule has 1 aromatic heterocycles. The van der Waals surface area contributed by atoms with Crippen LogP contribution < -0.4 is 0 Å². The van der Waals surface area contributed by atoms with Crippen molar-refractivity contribution in [1.82, 2.24) is 20.0 Å². The van der Waals surface area contributed by atoms with Crippen molar-refractivity contribution in [2.45, 2.75) is 58.1 Å². The first-order chi connectivity index (χ1) is 11.0. The molecule has 24 heavy (non-hydrogen) atoms. The lowest BCUT2D eigenvalue weighted by Crippen LogP contribution is -2.58. The lowest BCUT2D eigenvalue weighted by atomic mass is 9.91. The summed E-state index contributed by atoms with van der Waals surface area (Å²) >= 11 is 0. The summed E-state index contributed by atoms with van der Waals surface area (Å²) in [4.78, 5) is 27.3. The van der Waals surface area contributed by atoms with Crippen LogP contribution in [0.4, 0.5) is 0 Å². The van der Waals surface area contributed by atoms with Crippen molar-refractivity contribution in [1.29, 1.82) is 0 Å². The van der Waals surface area contributed by atoms with Gasteiger partial charge in [0.1, 0.15) is 0 Å². The number of rotatable bonds is 3. The number of nitrogens with one attached hydrogen (secondary N) is 1. The normalized spacial score (nSPS) is 21.7. The number of likely N-dealkylation sites (N-methyl/N-ethyl adjacent to an activating group) is 1. The molecule has 0 spiro atoms. The highest BCUT2D eigenvalue weighted by molar-refractivity contribution is 5.86. The summed E-state index contributed by atoms with van der Waals surface area (Å²) < 4.78 is 0. The standard InChI is InChI=1S/C17H28N4O3/c1-12(22)21-8-6-7-17(24,11-21)15(23)20(5)10-13-9-14(19-18-13)16(2,3)4/h9,24H,6-8,10-11H2,1-5H3,(H,18,19)/t17-/m0/s1. The number of hydrogen-bond acceptors (Lipinski definition) is 4. The van der Waals surface area contributed by atoms with E-state index in [1.165, 1.54) is 16.7 Å². The second-order valence-electron chi connectivity index (χ2n) is 7.77. The minimum Gasteiger partial charge on any atom is -0.378 e. The van der Waals surface area contributed by atoms with E-state index in [1.54, 1.807) is 7.05 Å². The van der Waals surface area contributed by atoms with Crippen molar-refractivity contribution in [2.24, 2.45) is 0 Å². The minimum atomic E-state index is -1.51. The average Bonchev–Trinajstić information content (AvgIpc) is 2.95. The van der Waals surface area contributed by atoms with Crippen molar-refractivity contribution < 1.29 is 14.7 Å².